The molecule has 2 aliphatic rings. The molecule has 1 fully saturated rings. The van der Waals surface area contributed by atoms with Gasteiger partial charge < -0.3 is 15.9 Å². The number of aliphatic hydroxyl groups excluding tert-OH is 1. The van der Waals surface area contributed by atoms with E-state index in [4.69, 9.17) is 5.73 Å². The number of carbonyl (C=O) groups excluding carboxylic acids is 5. The van der Waals surface area contributed by atoms with Crippen molar-refractivity contribution in [3.05, 3.63) is 28.8 Å². The highest BCUT2D eigenvalue weighted by Gasteiger charge is 2.52. The quantitative estimate of drug-likeness (QED) is 0.466. The van der Waals surface area contributed by atoms with Gasteiger partial charge in [0.25, 0.3) is 0 Å². The van der Waals surface area contributed by atoms with Crippen LogP contribution < -0.4 is 5.73 Å². The van der Waals surface area contributed by atoms with Crippen LogP contribution in [-0.2, 0) is 20.8 Å². The zero-order chi connectivity index (χ0) is 21.5. The molecule has 0 aliphatic heterocycles. The summed E-state index contributed by atoms with van der Waals surface area (Å²) in [5, 5.41) is 19.8. The molecule has 29 heavy (non-hydrogen) atoms. The average Bonchev–Trinajstić information content (AvgIpc) is 2.60. The highest BCUT2D eigenvalue weighted by Crippen LogP contribution is 2.46. The van der Waals surface area contributed by atoms with Crippen molar-refractivity contribution in [3.63, 3.8) is 0 Å². The third kappa shape index (κ3) is 3.60. The van der Waals surface area contributed by atoms with E-state index in [1.165, 1.54) is 13.0 Å². The van der Waals surface area contributed by atoms with Crippen molar-refractivity contribution in [2.24, 2.45) is 29.4 Å². The summed E-state index contributed by atoms with van der Waals surface area (Å²) in [6.07, 6.45) is 0.272. The first-order valence-corrected chi connectivity index (χ1v) is 9.52. The summed E-state index contributed by atoms with van der Waals surface area (Å²) in [7, 11) is 0. The molecule has 3 rings (SSSR count). The highest BCUT2D eigenvalue weighted by atomic mass is 16.3. The van der Waals surface area contributed by atoms with Gasteiger partial charge in [-0.1, -0.05) is 6.07 Å². The molecule has 0 spiro atoms. The molecule has 1 aromatic carbocycles. The number of rotatable bonds is 6. The summed E-state index contributed by atoms with van der Waals surface area (Å²) in [6.45, 7) is 1.03. The molecule has 0 heterocycles. The van der Waals surface area contributed by atoms with E-state index in [9.17, 15) is 34.2 Å². The van der Waals surface area contributed by atoms with Crippen LogP contribution in [0.5, 0.6) is 5.75 Å². The van der Waals surface area contributed by atoms with Crippen LogP contribution in [0.15, 0.2) is 12.1 Å². The molecule has 4 atom stereocenters. The number of ketones is 4. The van der Waals surface area contributed by atoms with Crippen molar-refractivity contribution in [2.45, 2.75) is 32.6 Å². The number of benzene rings is 1. The fourth-order valence-electron chi connectivity index (χ4n) is 4.82. The first kappa shape index (κ1) is 20.9. The van der Waals surface area contributed by atoms with Crippen molar-refractivity contribution in [2.75, 3.05) is 6.61 Å². The molecule has 0 radical (unpaired) electrons. The van der Waals surface area contributed by atoms with Gasteiger partial charge in [0.2, 0.25) is 5.91 Å². The molecule has 8 nitrogen and oxygen atoms in total. The van der Waals surface area contributed by atoms with Crippen molar-refractivity contribution in [1.29, 1.82) is 0 Å². The van der Waals surface area contributed by atoms with E-state index in [1.54, 1.807) is 6.07 Å². The van der Waals surface area contributed by atoms with E-state index in [0.29, 0.717) is 18.4 Å². The summed E-state index contributed by atoms with van der Waals surface area (Å²) in [6, 6.07) is 3.06. The molecule has 8 heteroatoms. The van der Waals surface area contributed by atoms with Crippen LogP contribution in [0.4, 0.5) is 0 Å². The summed E-state index contributed by atoms with van der Waals surface area (Å²) in [5.41, 5.74) is 5.60. The molecule has 1 aromatic rings. The first-order valence-electron chi connectivity index (χ1n) is 9.52. The maximum absolute atomic E-state index is 13.2. The number of hydrogen-bond acceptors (Lipinski definition) is 7. The number of carbonyl (C=O) groups is 5. The number of fused-ring (bicyclic) bond motifs is 2. The number of hydrogen-bond donors (Lipinski definition) is 3. The summed E-state index contributed by atoms with van der Waals surface area (Å²) < 4.78 is 0. The molecule has 2 aliphatic carbocycles. The SMILES string of the molecule is CC(=O)c1ccc2c(c1O)C(=O)C1C(=O)C(C(=O)CC(N)=O)C(CCO)CC1C2. The number of phenols is 1. The van der Waals surface area contributed by atoms with E-state index in [2.05, 4.69) is 0 Å². The Bertz CT molecular complexity index is 920. The molecule has 4 N–H and O–H groups in total. The second-order valence-corrected chi connectivity index (χ2v) is 7.86. The lowest BCUT2D eigenvalue weighted by Crippen LogP contribution is -2.50. The molecule has 4 unspecified atom stereocenters. The summed E-state index contributed by atoms with van der Waals surface area (Å²) in [5.74, 6) is -6.77. The van der Waals surface area contributed by atoms with Gasteiger partial charge in [-0.15, -0.1) is 0 Å². The minimum absolute atomic E-state index is 0.00156. The van der Waals surface area contributed by atoms with E-state index in [0.717, 1.165) is 0 Å². The van der Waals surface area contributed by atoms with Gasteiger partial charge in [-0.2, -0.15) is 0 Å². The van der Waals surface area contributed by atoms with Crippen molar-refractivity contribution >= 4 is 29.0 Å². The molecule has 0 bridgehead atoms. The monoisotopic (exact) mass is 401 g/mol. The van der Waals surface area contributed by atoms with Crippen LogP contribution in [-0.4, -0.2) is 45.9 Å². The van der Waals surface area contributed by atoms with Gasteiger partial charge in [-0.3, -0.25) is 24.0 Å². The molecule has 1 saturated carbocycles. The second kappa shape index (κ2) is 7.87. The standard InChI is InChI=1S/C21H23NO7/c1-9(24)13-3-2-10-6-12-7-11(4-5-23)16(14(25)8-15(22)26)20(28)18(12)21(29)17(10)19(13)27/h2-3,11-12,16,18,23,27H,4-8H2,1H3,(H2,22,26). The highest BCUT2D eigenvalue weighted by molar-refractivity contribution is 6.20. The number of aromatic hydroxyl groups is 1. The second-order valence-electron chi connectivity index (χ2n) is 7.86. The maximum atomic E-state index is 13.2. The zero-order valence-corrected chi connectivity index (χ0v) is 16.0. The Morgan fingerprint density at radius 1 is 1.21 bits per heavy atom. The number of primary amides is 1. The lowest BCUT2D eigenvalue weighted by molar-refractivity contribution is -0.142. The molecule has 0 saturated heterocycles. The Morgan fingerprint density at radius 3 is 2.48 bits per heavy atom. The number of Topliss-reactive ketones (excluding diaryl/α,β-unsaturated/α-hetero) is 4. The molecule has 154 valence electrons. The fraction of sp³-hybridized carbons (Fsp3) is 0.476. The van der Waals surface area contributed by atoms with Crippen molar-refractivity contribution in [3.8, 4) is 5.75 Å². The van der Waals surface area contributed by atoms with Gasteiger partial charge >= 0.3 is 0 Å². The van der Waals surface area contributed by atoms with Crippen LogP contribution in [0.1, 0.15) is 52.5 Å². The minimum atomic E-state index is -1.19. The maximum Gasteiger partial charge on any atom is 0.224 e. The topological polar surface area (TPSA) is 152 Å². The van der Waals surface area contributed by atoms with Crippen molar-refractivity contribution < 1.29 is 34.2 Å². The molecular weight excluding hydrogens is 378 g/mol. The van der Waals surface area contributed by atoms with Crippen LogP contribution in [0, 0.1) is 23.7 Å². The largest absolute Gasteiger partial charge is 0.506 e. The number of nitrogens with two attached hydrogens (primary N) is 1. The normalized spacial score (nSPS) is 25.9. The molecule has 0 aromatic heterocycles. The van der Waals surface area contributed by atoms with Crippen LogP contribution in [0.2, 0.25) is 0 Å². The van der Waals surface area contributed by atoms with Gasteiger partial charge in [0.15, 0.2) is 23.1 Å². The minimum Gasteiger partial charge on any atom is -0.506 e. The van der Waals surface area contributed by atoms with Gasteiger partial charge in [-0.05, 0) is 49.7 Å². The lowest BCUT2D eigenvalue weighted by atomic mass is 9.59. The van der Waals surface area contributed by atoms with Gasteiger partial charge in [0.05, 0.1) is 29.4 Å². The smallest absolute Gasteiger partial charge is 0.224 e. The third-order valence-electron chi connectivity index (χ3n) is 6.01. The third-order valence-corrected chi connectivity index (χ3v) is 6.01. The van der Waals surface area contributed by atoms with E-state index in [-0.39, 0.29) is 30.1 Å². The van der Waals surface area contributed by atoms with E-state index >= 15 is 0 Å². The summed E-state index contributed by atoms with van der Waals surface area (Å²) >= 11 is 0. The average molecular weight is 401 g/mol. The van der Waals surface area contributed by atoms with Gasteiger partial charge in [0.1, 0.15) is 5.75 Å². The zero-order valence-electron chi connectivity index (χ0n) is 16.0. The number of aliphatic hydroxyl groups is 1. The lowest BCUT2D eigenvalue weighted by Gasteiger charge is -2.41. The molecule has 1 amide bonds. The summed E-state index contributed by atoms with van der Waals surface area (Å²) in [4.78, 5) is 61.8. The van der Waals surface area contributed by atoms with Gasteiger partial charge in [0, 0.05) is 6.61 Å². The Balaban J connectivity index is 2.03. The van der Waals surface area contributed by atoms with Crippen LogP contribution in [0.25, 0.3) is 0 Å². The van der Waals surface area contributed by atoms with Gasteiger partial charge in [-0.25, -0.2) is 0 Å². The van der Waals surface area contributed by atoms with E-state index < -0.39 is 59.0 Å². The number of amides is 1. The van der Waals surface area contributed by atoms with Crippen LogP contribution in [0.3, 0.4) is 0 Å². The predicted octanol–water partition coefficient (Wildman–Crippen LogP) is 0.598. The van der Waals surface area contributed by atoms with Crippen LogP contribution >= 0.6 is 0 Å². The Kier molecular flexibility index (Phi) is 5.66. The van der Waals surface area contributed by atoms with E-state index in [1.807, 2.05) is 0 Å². The Morgan fingerprint density at radius 2 is 1.90 bits per heavy atom. The fourth-order valence-corrected chi connectivity index (χ4v) is 4.82. The first-order chi connectivity index (χ1) is 13.7. The Hall–Kier alpha value is -2.87. The molecular formula is C21H23NO7. The Labute approximate surface area is 167 Å². The predicted molar refractivity (Wildman–Crippen MR) is 100 cm³/mol. The number of phenolic OH excluding ortho intramolecular Hbond substituents is 1. The van der Waals surface area contributed by atoms with Crippen molar-refractivity contribution in [1.82, 2.24) is 0 Å².